The molecule has 1 aromatic rings. The molecule has 0 aliphatic heterocycles. The maximum absolute atomic E-state index is 10.6. The van der Waals surface area contributed by atoms with Gasteiger partial charge in [-0.3, -0.25) is 0 Å². The highest BCUT2D eigenvalue weighted by Gasteiger charge is 2.49. The van der Waals surface area contributed by atoms with Gasteiger partial charge in [-0.25, -0.2) is 4.79 Å². The van der Waals surface area contributed by atoms with Crippen LogP contribution in [0.1, 0.15) is 18.4 Å². The lowest BCUT2D eigenvalue weighted by molar-refractivity contribution is 0.347. The predicted octanol–water partition coefficient (Wildman–Crippen LogP) is 3.44. The highest BCUT2D eigenvalue weighted by atomic mass is 79.9. The number of benzene rings is 1. The lowest BCUT2D eigenvalue weighted by Gasteiger charge is -2.19. The number of halogens is 2. The third kappa shape index (κ3) is 2.03. The van der Waals surface area contributed by atoms with Crippen LogP contribution in [0.15, 0.2) is 15.5 Å². The van der Waals surface area contributed by atoms with Gasteiger partial charge in [0, 0.05) is 5.56 Å². The van der Waals surface area contributed by atoms with Crippen molar-refractivity contribution in [2.24, 2.45) is 4.99 Å². The number of carbonyl (C=O) groups excluding carboxylic acids is 1. The van der Waals surface area contributed by atoms with Gasteiger partial charge < -0.3 is 9.47 Å². The number of nitrogens with zero attached hydrogens (tertiary/aromatic N) is 1. The summed E-state index contributed by atoms with van der Waals surface area (Å²) in [5.74, 6) is 1.05. The van der Waals surface area contributed by atoms with Crippen molar-refractivity contribution < 1.29 is 14.3 Å². The molecule has 2 rings (SSSR count). The molecule has 0 saturated heterocycles. The first-order chi connectivity index (χ1) is 8.59. The van der Waals surface area contributed by atoms with Crippen LogP contribution < -0.4 is 9.47 Å². The maximum Gasteiger partial charge on any atom is 0.235 e. The van der Waals surface area contributed by atoms with Crippen LogP contribution in [0.25, 0.3) is 0 Å². The van der Waals surface area contributed by atoms with Crippen molar-refractivity contribution in [2.75, 3.05) is 14.2 Å². The number of hydrogen-bond acceptors (Lipinski definition) is 4. The molecule has 1 aliphatic rings. The normalized spacial score (nSPS) is 15.8. The first-order valence-corrected chi connectivity index (χ1v) is 6.46. The van der Waals surface area contributed by atoms with Gasteiger partial charge in [0.1, 0.15) is 5.54 Å². The molecule has 0 heterocycles. The van der Waals surface area contributed by atoms with Crippen LogP contribution in [0.2, 0.25) is 5.02 Å². The average Bonchev–Trinajstić information content (AvgIpc) is 3.09. The second kappa shape index (κ2) is 4.92. The Labute approximate surface area is 118 Å². The molecule has 4 nitrogen and oxygen atoms in total. The van der Waals surface area contributed by atoms with E-state index in [0.29, 0.717) is 26.6 Å². The molecule has 0 radical (unpaired) electrons. The molecule has 6 heteroatoms. The van der Waals surface area contributed by atoms with Crippen molar-refractivity contribution in [3.63, 3.8) is 0 Å². The maximum atomic E-state index is 10.6. The molecule has 0 N–H and O–H groups in total. The van der Waals surface area contributed by atoms with Crippen molar-refractivity contribution in [3.8, 4) is 11.5 Å². The third-order valence-electron chi connectivity index (χ3n) is 3.00. The van der Waals surface area contributed by atoms with E-state index < -0.39 is 5.54 Å². The number of hydrogen-bond donors (Lipinski definition) is 0. The summed E-state index contributed by atoms with van der Waals surface area (Å²) >= 11 is 9.61. The summed E-state index contributed by atoms with van der Waals surface area (Å²) in [4.78, 5) is 14.4. The van der Waals surface area contributed by atoms with Crippen LogP contribution in [0.3, 0.4) is 0 Å². The summed E-state index contributed by atoms with van der Waals surface area (Å²) < 4.78 is 11.4. The summed E-state index contributed by atoms with van der Waals surface area (Å²) in [6, 6.07) is 1.72. The molecular weight excluding hydrogens is 321 g/mol. The SMILES string of the molecule is COc1c(Br)cc(Cl)c(C2(N=C=O)CC2)c1OC. The molecule has 0 unspecified atom stereocenters. The molecule has 1 saturated carbocycles. The van der Waals surface area contributed by atoms with E-state index in [0.717, 1.165) is 12.8 Å². The Balaban J connectivity index is 2.70. The summed E-state index contributed by atoms with van der Waals surface area (Å²) in [7, 11) is 3.08. The molecule has 18 heavy (non-hydrogen) atoms. The van der Waals surface area contributed by atoms with Gasteiger partial charge in [-0.1, -0.05) is 11.6 Å². The second-order valence-electron chi connectivity index (χ2n) is 4.02. The van der Waals surface area contributed by atoms with Crippen LogP contribution >= 0.6 is 27.5 Å². The highest BCUT2D eigenvalue weighted by Crippen LogP contribution is 2.57. The fourth-order valence-electron chi connectivity index (χ4n) is 2.02. The number of aliphatic imine (C=N–C) groups is 1. The van der Waals surface area contributed by atoms with Gasteiger partial charge >= 0.3 is 0 Å². The first-order valence-electron chi connectivity index (χ1n) is 5.29. The number of ether oxygens (including phenoxy) is 2. The lowest BCUT2D eigenvalue weighted by atomic mass is 10.0. The Morgan fingerprint density at radius 3 is 2.44 bits per heavy atom. The van der Waals surface area contributed by atoms with Crippen molar-refractivity contribution >= 4 is 33.6 Å². The molecule has 1 aromatic carbocycles. The fraction of sp³-hybridized carbons (Fsp3) is 0.417. The zero-order valence-corrected chi connectivity index (χ0v) is 12.3. The van der Waals surface area contributed by atoms with Gasteiger partial charge in [0.2, 0.25) is 6.08 Å². The summed E-state index contributed by atoms with van der Waals surface area (Å²) in [5, 5.41) is 0.496. The van der Waals surface area contributed by atoms with E-state index in [1.807, 2.05) is 0 Å². The molecule has 0 atom stereocenters. The highest BCUT2D eigenvalue weighted by molar-refractivity contribution is 9.10. The van der Waals surface area contributed by atoms with Crippen molar-refractivity contribution in [1.29, 1.82) is 0 Å². The summed E-state index contributed by atoms with van der Waals surface area (Å²) in [6.07, 6.45) is 3.11. The van der Waals surface area contributed by atoms with Gasteiger partial charge in [-0.2, -0.15) is 4.99 Å². The molecule has 96 valence electrons. The van der Waals surface area contributed by atoms with E-state index in [1.54, 1.807) is 19.3 Å². The molecule has 1 aliphatic carbocycles. The van der Waals surface area contributed by atoms with Gasteiger partial charge in [-0.05, 0) is 34.8 Å². The van der Waals surface area contributed by atoms with Crippen LogP contribution in [-0.4, -0.2) is 20.3 Å². The average molecular weight is 333 g/mol. The largest absolute Gasteiger partial charge is 0.492 e. The zero-order valence-electron chi connectivity index (χ0n) is 9.92. The molecule has 0 spiro atoms. The second-order valence-corrected chi connectivity index (χ2v) is 5.28. The Bertz CT molecular complexity index is 537. The van der Waals surface area contributed by atoms with E-state index in [2.05, 4.69) is 20.9 Å². The summed E-state index contributed by atoms with van der Waals surface area (Å²) in [5.41, 5.74) is 0.0908. The van der Waals surface area contributed by atoms with Crippen molar-refractivity contribution in [3.05, 3.63) is 21.1 Å². The van der Waals surface area contributed by atoms with Crippen LogP contribution in [0, 0.1) is 0 Å². The van der Waals surface area contributed by atoms with Gasteiger partial charge in [-0.15, -0.1) is 0 Å². The van der Waals surface area contributed by atoms with Crippen LogP contribution in [-0.2, 0) is 10.3 Å². The molecular formula is C12H11BrClNO3. The van der Waals surface area contributed by atoms with E-state index in [9.17, 15) is 4.79 Å². The van der Waals surface area contributed by atoms with Gasteiger partial charge in [0.25, 0.3) is 0 Å². The quantitative estimate of drug-likeness (QED) is 0.627. The van der Waals surface area contributed by atoms with Crippen molar-refractivity contribution in [2.45, 2.75) is 18.4 Å². The lowest BCUT2D eigenvalue weighted by Crippen LogP contribution is -2.08. The monoisotopic (exact) mass is 331 g/mol. The Morgan fingerprint density at radius 1 is 1.39 bits per heavy atom. The van der Waals surface area contributed by atoms with E-state index in [4.69, 9.17) is 21.1 Å². The van der Waals surface area contributed by atoms with Crippen LogP contribution in [0.4, 0.5) is 0 Å². The molecule has 0 amide bonds. The smallest absolute Gasteiger partial charge is 0.235 e. The van der Waals surface area contributed by atoms with Gasteiger partial charge in [0.15, 0.2) is 11.5 Å². The third-order valence-corrected chi connectivity index (χ3v) is 3.89. The number of isocyanates is 1. The van der Waals surface area contributed by atoms with Gasteiger partial charge in [0.05, 0.1) is 23.7 Å². The Hall–Kier alpha value is -1.03. The van der Waals surface area contributed by atoms with Crippen molar-refractivity contribution in [1.82, 2.24) is 0 Å². The summed E-state index contributed by atoms with van der Waals surface area (Å²) in [6.45, 7) is 0. The fourth-order valence-corrected chi connectivity index (χ4v) is 3.09. The Morgan fingerprint density at radius 2 is 2.00 bits per heavy atom. The zero-order chi connectivity index (χ0) is 13.3. The van der Waals surface area contributed by atoms with E-state index >= 15 is 0 Å². The molecule has 0 aromatic heterocycles. The van der Waals surface area contributed by atoms with E-state index in [1.165, 1.54) is 7.11 Å². The standard InChI is InChI=1S/C12H11BrClNO3/c1-17-10-7(13)5-8(14)9(11(10)18-2)12(3-4-12)15-6-16/h5H,3-4H2,1-2H3. The minimum absolute atomic E-state index is 0.496. The predicted molar refractivity (Wildman–Crippen MR) is 71.3 cm³/mol. The number of methoxy groups -OCH3 is 2. The van der Waals surface area contributed by atoms with Crippen LogP contribution in [0.5, 0.6) is 11.5 Å². The topological polar surface area (TPSA) is 47.9 Å². The molecule has 0 bridgehead atoms. The van der Waals surface area contributed by atoms with E-state index in [-0.39, 0.29) is 0 Å². The first kappa shape index (κ1) is 13.4. The molecule has 1 fully saturated rings. The minimum Gasteiger partial charge on any atom is -0.492 e. The Kier molecular flexibility index (Phi) is 3.66. The minimum atomic E-state index is -0.599. The number of rotatable bonds is 4.